The summed E-state index contributed by atoms with van der Waals surface area (Å²) in [5.41, 5.74) is 0.805. The Kier molecular flexibility index (Phi) is 4.60. The molecule has 2 unspecified atom stereocenters. The minimum absolute atomic E-state index is 0.000153. The van der Waals surface area contributed by atoms with Crippen molar-refractivity contribution in [1.82, 2.24) is 10.6 Å². The molecular formula is C22H36N2O2. The van der Waals surface area contributed by atoms with Crippen LogP contribution in [-0.2, 0) is 9.59 Å². The highest BCUT2D eigenvalue weighted by Crippen LogP contribution is 2.66. The van der Waals surface area contributed by atoms with Crippen molar-refractivity contribution in [2.45, 2.75) is 109 Å². The zero-order valence-corrected chi connectivity index (χ0v) is 16.7. The summed E-state index contributed by atoms with van der Waals surface area (Å²) >= 11 is 0. The Morgan fingerprint density at radius 2 is 1.46 bits per heavy atom. The molecule has 0 aromatic rings. The third kappa shape index (κ3) is 3.80. The Balaban J connectivity index is 1.29. The summed E-state index contributed by atoms with van der Waals surface area (Å²) in [5, 5.41) is 6.54. The van der Waals surface area contributed by atoms with Crippen molar-refractivity contribution < 1.29 is 9.59 Å². The second kappa shape index (κ2) is 6.53. The SMILES string of the molecule is CC12CC3CC(C)(C1)CC(NC(=O)CCC(=O)NC1CCCCC1)(C3)C2. The predicted octanol–water partition coefficient (Wildman–Crippen LogP) is 4.08. The maximum absolute atomic E-state index is 12.6. The summed E-state index contributed by atoms with van der Waals surface area (Å²) in [6.07, 6.45) is 14.0. The van der Waals surface area contributed by atoms with E-state index in [0.29, 0.717) is 29.7 Å². The van der Waals surface area contributed by atoms with Crippen LogP contribution >= 0.6 is 0 Å². The Labute approximate surface area is 158 Å². The number of nitrogens with one attached hydrogen (secondary N) is 2. The summed E-state index contributed by atoms with van der Waals surface area (Å²) in [6.45, 7) is 4.85. The number of hydrogen-bond donors (Lipinski definition) is 2. The Morgan fingerprint density at radius 1 is 0.846 bits per heavy atom. The van der Waals surface area contributed by atoms with Gasteiger partial charge < -0.3 is 10.6 Å². The van der Waals surface area contributed by atoms with Gasteiger partial charge in [0, 0.05) is 24.4 Å². The molecule has 0 radical (unpaired) electrons. The lowest BCUT2D eigenvalue weighted by molar-refractivity contribution is -0.141. The molecule has 5 aliphatic carbocycles. The maximum atomic E-state index is 12.6. The first-order valence-corrected chi connectivity index (χ1v) is 10.9. The van der Waals surface area contributed by atoms with Gasteiger partial charge in [0.25, 0.3) is 0 Å². The number of rotatable bonds is 5. The molecule has 5 fully saturated rings. The minimum Gasteiger partial charge on any atom is -0.353 e. The van der Waals surface area contributed by atoms with Gasteiger partial charge in [-0.2, -0.15) is 0 Å². The van der Waals surface area contributed by atoms with Crippen LogP contribution in [0, 0.1) is 16.7 Å². The Bertz CT molecular complexity index is 563. The van der Waals surface area contributed by atoms with Crippen molar-refractivity contribution in [3.05, 3.63) is 0 Å². The van der Waals surface area contributed by atoms with Crippen LogP contribution < -0.4 is 10.6 Å². The quantitative estimate of drug-likeness (QED) is 0.776. The van der Waals surface area contributed by atoms with Gasteiger partial charge in [0.05, 0.1) is 0 Å². The number of carbonyl (C=O) groups is 2. The zero-order valence-electron chi connectivity index (χ0n) is 16.7. The van der Waals surface area contributed by atoms with Crippen LogP contribution in [-0.4, -0.2) is 23.4 Å². The molecule has 0 aromatic carbocycles. The monoisotopic (exact) mass is 360 g/mol. The van der Waals surface area contributed by atoms with Crippen molar-refractivity contribution in [2.75, 3.05) is 0 Å². The van der Waals surface area contributed by atoms with Crippen molar-refractivity contribution >= 4 is 11.8 Å². The van der Waals surface area contributed by atoms with E-state index >= 15 is 0 Å². The van der Waals surface area contributed by atoms with Gasteiger partial charge in [-0.25, -0.2) is 0 Å². The predicted molar refractivity (Wildman–Crippen MR) is 103 cm³/mol. The summed E-state index contributed by atoms with van der Waals surface area (Å²) in [6, 6.07) is 0.336. The molecule has 2 N–H and O–H groups in total. The lowest BCUT2D eigenvalue weighted by Gasteiger charge is -2.65. The lowest BCUT2D eigenvalue weighted by Crippen LogP contribution is -2.65. The van der Waals surface area contributed by atoms with Gasteiger partial charge in [-0.05, 0) is 68.1 Å². The van der Waals surface area contributed by atoms with Gasteiger partial charge >= 0.3 is 0 Å². The molecule has 2 atom stereocenters. The smallest absolute Gasteiger partial charge is 0.220 e. The Hall–Kier alpha value is -1.06. The van der Waals surface area contributed by atoms with E-state index in [-0.39, 0.29) is 17.4 Å². The second-order valence-electron chi connectivity index (χ2n) is 10.9. The van der Waals surface area contributed by atoms with Crippen LogP contribution in [0.3, 0.4) is 0 Å². The van der Waals surface area contributed by atoms with Gasteiger partial charge in [0.15, 0.2) is 0 Å². The third-order valence-electron chi connectivity index (χ3n) is 7.58. The molecule has 5 rings (SSSR count). The van der Waals surface area contributed by atoms with Crippen LogP contribution in [0.5, 0.6) is 0 Å². The summed E-state index contributed by atoms with van der Waals surface area (Å²) in [4.78, 5) is 24.8. The van der Waals surface area contributed by atoms with Gasteiger partial charge in [0.1, 0.15) is 0 Å². The highest BCUT2D eigenvalue weighted by atomic mass is 16.2. The summed E-state index contributed by atoms with van der Waals surface area (Å²) in [7, 11) is 0. The molecule has 0 aliphatic heterocycles. The van der Waals surface area contributed by atoms with E-state index in [1.807, 2.05) is 0 Å². The second-order valence-corrected chi connectivity index (χ2v) is 10.9. The van der Waals surface area contributed by atoms with E-state index in [1.165, 1.54) is 38.5 Å². The van der Waals surface area contributed by atoms with Crippen molar-refractivity contribution in [3.63, 3.8) is 0 Å². The normalized spacial score (nSPS) is 41.8. The first kappa shape index (κ1) is 18.3. The van der Waals surface area contributed by atoms with Gasteiger partial charge in [0.2, 0.25) is 11.8 Å². The largest absolute Gasteiger partial charge is 0.353 e. The van der Waals surface area contributed by atoms with Crippen LogP contribution in [0.25, 0.3) is 0 Å². The molecule has 0 heterocycles. The standard InChI is InChI=1S/C22H36N2O2/c1-20-10-16-11-21(2,13-20)15-22(12-16,14-20)24-19(26)9-8-18(25)23-17-6-4-3-5-7-17/h16-17H,3-15H2,1-2H3,(H,23,25)(H,24,26). The van der Waals surface area contributed by atoms with Gasteiger partial charge in [-0.1, -0.05) is 33.1 Å². The van der Waals surface area contributed by atoms with E-state index in [1.54, 1.807) is 0 Å². The molecule has 0 saturated heterocycles. The van der Waals surface area contributed by atoms with Crippen molar-refractivity contribution in [1.29, 1.82) is 0 Å². The van der Waals surface area contributed by atoms with Crippen molar-refractivity contribution in [2.24, 2.45) is 16.7 Å². The first-order valence-electron chi connectivity index (χ1n) is 10.9. The molecule has 4 heteroatoms. The van der Waals surface area contributed by atoms with Crippen LogP contribution in [0.15, 0.2) is 0 Å². The third-order valence-corrected chi connectivity index (χ3v) is 7.58. The van der Waals surface area contributed by atoms with E-state index < -0.39 is 0 Å². The lowest BCUT2D eigenvalue weighted by atomic mass is 9.43. The van der Waals surface area contributed by atoms with Crippen LogP contribution in [0.1, 0.15) is 97.3 Å². The molecule has 5 saturated carbocycles. The average molecular weight is 361 g/mol. The molecule has 146 valence electrons. The molecule has 26 heavy (non-hydrogen) atoms. The van der Waals surface area contributed by atoms with Crippen molar-refractivity contribution in [3.8, 4) is 0 Å². The van der Waals surface area contributed by atoms with Crippen LogP contribution in [0.4, 0.5) is 0 Å². The van der Waals surface area contributed by atoms with E-state index in [0.717, 1.165) is 38.0 Å². The molecule has 0 aromatic heterocycles. The van der Waals surface area contributed by atoms with Crippen LogP contribution in [0.2, 0.25) is 0 Å². The Morgan fingerprint density at radius 3 is 2.08 bits per heavy atom. The molecule has 4 bridgehead atoms. The topological polar surface area (TPSA) is 58.2 Å². The molecular weight excluding hydrogens is 324 g/mol. The fraction of sp³-hybridized carbons (Fsp3) is 0.909. The fourth-order valence-corrected chi connectivity index (χ4v) is 7.72. The highest BCUT2D eigenvalue weighted by molar-refractivity contribution is 5.84. The maximum Gasteiger partial charge on any atom is 0.220 e. The molecule has 0 spiro atoms. The number of carbonyl (C=O) groups excluding carboxylic acids is 2. The van der Waals surface area contributed by atoms with E-state index in [2.05, 4.69) is 24.5 Å². The average Bonchev–Trinajstić information content (AvgIpc) is 2.50. The number of amides is 2. The van der Waals surface area contributed by atoms with Gasteiger partial charge in [-0.3, -0.25) is 9.59 Å². The molecule has 4 nitrogen and oxygen atoms in total. The van der Waals surface area contributed by atoms with E-state index in [9.17, 15) is 9.59 Å². The minimum atomic E-state index is -0.000153. The summed E-state index contributed by atoms with van der Waals surface area (Å²) in [5.74, 6) is 0.908. The molecule has 5 aliphatic rings. The van der Waals surface area contributed by atoms with E-state index in [4.69, 9.17) is 0 Å². The number of hydrogen-bond acceptors (Lipinski definition) is 2. The highest BCUT2D eigenvalue weighted by Gasteiger charge is 2.60. The fourth-order valence-electron chi connectivity index (χ4n) is 7.72. The summed E-state index contributed by atoms with van der Waals surface area (Å²) < 4.78 is 0. The van der Waals surface area contributed by atoms with Gasteiger partial charge in [-0.15, -0.1) is 0 Å². The molecule has 2 amide bonds. The zero-order chi connectivity index (χ0) is 18.4. The first-order chi connectivity index (χ1) is 12.3.